The molecule has 6 nitrogen and oxygen atoms in total. The normalized spacial score (nSPS) is 16.0. The average Bonchev–Trinajstić information content (AvgIpc) is 2.79. The number of aryl methyl sites for hydroxylation is 1. The average molecular weight is 415 g/mol. The summed E-state index contributed by atoms with van der Waals surface area (Å²) in [4.78, 5) is 27.4. The molecule has 0 aliphatic carbocycles. The van der Waals surface area contributed by atoms with Gasteiger partial charge in [-0.15, -0.1) is 0 Å². The fourth-order valence-corrected chi connectivity index (χ4v) is 3.96. The highest BCUT2D eigenvalue weighted by Crippen LogP contribution is 2.25. The van der Waals surface area contributed by atoms with Crippen molar-refractivity contribution in [2.45, 2.75) is 19.8 Å². The van der Waals surface area contributed by atoms with Gasteiger partial charge in [-0.1, -0.05) is 42.0 Å². The molecule has 0 spiro atoms. The van der Waals surface area contributed by atoms with Gasteiger partial charge < -0.3 is 15.4 Å². The Morgan fingerprint density at radius 2 is 1.74 bits per heavy atom. The zero-order valence-corrected chi connectivity index (χ0v) is 17.5. The second kappa shape index (κ2) is 9.00. The standard InChI is InChI=1S/C25H25N3O3/c1-18-5-2-6-20(15-18)21-7-3-9-23(16-21)26-24(29)22-8-4-12-27(17-22)25(30)19-10-13-28(31)14-11-19/h2-3,5-7,9-11,13-16,22H,4,8,12,17H2,1H3,(H,26,29)/t22-/m0/s1. The highest BCUT2D eigenvalue weighted by atomic mass is 16.5. The Hall–Kier alpha value is -3.67. The fourth-order valence-electron chi connectivity index (χ4n) is 3.96. The summed E-state index contributed by atoms with van der Waals surface area (Å²) in [5.41, 5.74) is 4.53. The zero-order chi connectivity index (χ0) is 21.8. The summed E-state index contributed by atoms with van der Waals surface area (Å²) in [5.74, 6) is -0.502. The van der Waals surface area contributed by atoms with Crippen LogP contribution < -0.4 is 10.0 Å². The molecule has 1 saturated heterocycles. The van der Waals surface area contributed by atoms with Gasteiger partial charge in [-0.3, -0.25) is 9.59 Å². The van der Waals surface area contributed by atoms with Gasteiger partial charge in [0, 0.05) is 30.9 Å². The SMILES string of the molecule is Cc1cccc(-c2cccc(NC(=O)[C@H]3CCCN(C(=O)c4cc[n+]([O-])cc4)C3)c2)c1. The maximum Gasteiger partial charge on any atom is 0.254 e. The molecule has 1 aliphatic heterocycles. The number of piperidine rings is 1. The van der Waals surface area contributed by atoms with Crippen LogP contribution in [0.15, 0.2) is 73.1 Å². The lowest BCUT2D eigenvalue weighted by Gasteiger charge is -2.32. The van der Waals surface area contributed by atoms with Crippen molar-refractivity contribution in [1.82, 2.24) is 4.90 Å². The fraction of sp³-hybridized carbons (Fsp3) is 0.240. The van der Waals surface area contributed by atoms with E-state index in [0.717, 1.165) is 29.7 Å². The van der Waals surface area contributed by atoms with E-state index < -0.39 is 0 Å². The summed E-state index contributed by atoms with van der Waals surface area (Å²) in [7, 11) is 0. The Morgan fingerprint density at radius 3 is 2.48 bits per heavy atom. The van der Waals surface area contributed by atoms with Crippen molar-refractivity contribution in [2.24, 2.45) is 5.92 Å². The van der Waals surface area contributed by atoms with Crippen LogP contribution in [0, 0.1) is 18.0 Å². The third-order valence-corrected chi connectivity index (χ3v) is 5.61. The van der Waals surface area contributed by atoms with E-state index in [1.54, 1.807) is 4.90 Å². The lowest BCUT2D eigenvalue weighted by Crippen LogP contribution is -2.44. The van der Waals surface area contributed by atoms with E-state index in [9.17, 15) is 14.8 Å². The number of nitrogens with zero attached hydrogens (tertiary/aromatic N) is 2. The van der Waals surface area contributed by atoms with Crippen molar-refractivity contribution in [3.8, 4) is 11.1 Å². The Morgan fingerprint density at radius 1 is 1.03 bits per heavy atom. The third-order valence-electron chi connectivity index (χ3n) is 5.61. The smallest absolute Gasteiger partial charge is 0.254 e. The van der Waals surface area contributed by atoms with E-state index in [4.69, 9.17) is 0 Å². The van der Waals surface area contributed by atoms with Crippen LogP contribution in [-0.2, 0) is 4.79 Å². The molecule has 0 radical (unpaired) electrons. The molecular weight excluding hydrogens is 390 g/mol. The van der Waals surface area contributed by atoms with Gasteiger partial charge in [0.05, 0.1) is 11.5 Å². The molecule has 2 amide bonds. The Kier molecular flexibility index (Phi) is 5.98. The van der Waals surface area contributed by atoms with E-state index in [0.29, 0.717) is 23.4 Å². The van der Waals surface area contributed by atoms with E-state index in [-0.39, 0.29) is 17.7 Å². The number of carbonyl (C=O) groups is 2. The number of aromatic nitrogens is 1. The maximum absolute atomic E-state index is 12.9. The van der Waals surface area contributed by atoms with Crippen molar-refractivity contribution in [3.63, 3.8) is 0 Å². The number of carbonyl (C=O) groups excluding carboxylic acids is 2. The molecule has 4 rings (SSSR count). The first-order valence-electron chi connectivity index (χ1n) is 10.5. The van der Waals surface area contributed by atoms with Crippen LogP contribution in [0.5, 0.6) is 0 Å². The van der Waals surface area contributed by atoms with Gasteiger partial charge in [0.15, 0.2) is 12.4 Å². The molecule has 0 saturated carbocycles. The number of rotatable bonds is 4. The molecule has 3 aromatic rings. The first-order valence-corrected chi connectivity index (χ1v) is 10.5. The number of nitrogens with one attached hydrogen (secondary N) is 1. The molecule has 1 fully saturated rings. The summed E-state index contributed by atoms with van der Waals surface area (Å²) < 4.78 is 0.647. The first kappa shape index (κ1) is 20.6. The third kappa shape index (κ3) is 4.91. The summed E-state index contributed by atoms with van der Waals surface area (Å²) in [6, 6.07) is 19.1. The van der Waals surface area contributed by atoms with Crippen molar-refractivity contribution >= 4 is 17.5 Å². The molecular formula is C25H25N3O3. The molecule has 2 aromatic carbocycles. The van der Waals surface area contributed by atoms with Gasteiger partial charge in [-0.2, -0.15) is 4.73 Å². The zero-order valence-electron chi connectivity index (χ0n) is 17.5. The highest BCUT2D eigenvalue weighted by molar-refractivity contribution is 5.96. The Labute approximate surface area is 181 Å². The van der Waals surface area contributed by atoms with Crippen LogP contribution in [0.2, 0.25) is 0 Å². The molecule has 31 heavy (non-hydrogen) atoms. The molecule has 158 valence electrons. The summed E-state index contributed by atoms with van der Waals surface area (Å²) in [5, 5.41) is 14.2. The van der Waals surface area contributed by atoms with Crippen LogP contribution in [-0.4, -0.2) is 29.8 Å². The minimum absolute atomic E-state index is 0.0793. The first-order chi connectivity index (χ1) is 15.0. The lowest BCUT2D eigenvalue weighted by molar-refractivity contribution is -0.605. The number of pyridine rings is 1. The van der Waals surface area contributed by atoms with E-state index in [1.807, 2.05) is 30.3 Å². The summed E-state index contributed by atoms with van der Waals surface area (Å²) >= 11 is 0. The maximum atomic E-state index is 12.9. The van der Waals surface area contributed by atoms with Crippen LogP contribution in [0.3, 0.4) is 0 Å². The number of likely N-dealkylation sites (tertiary alicyclic amines) is 1. The number of hydrogen-bond donors (Lipinski definition) is 1. The van der Waals surface area contributed by atoms with Gasteiger partial charge in [0.25, 0.3) is 5.91 Å². The minimum Gasteiger partial charge on any atom is -0.619 e. The predicted molar refractivity (Wildman–Crippen MR) is 119 cm³/mol. The van der Waals surface area contributed by atoms with Crippen molar-refractivity contribution in [3.05, 3.63) is 89.4 Å². The number of anilines is 1. The Bertz CT molecular complexity index is 1100. The van der Waals surface area contributed by atoms with Crippen LogP contribution >= 0.6 is 0 Å². The number of benzene rings is 2. The molecule has 6 heteroatoms. The predicted octanol–water partition coefficient (Wildman–Crippen LogP) is 3.79. The molecule has 0 bridgehead atoms. The summed E-state index contributed by atoms with van der Waals surface area (Å²) in [6.07, 6.45) is 4.12. The molecule has 1 aromatic heterocycles. The van der Waals surface area contributed by atoms with Gasteiger partial charge in [-0.25, -0.2) is 0 Å². The lowest BCUT2D eigenvalue weighted by atomic mass is 9.96. The van der Waals surface area contributed by atoms with Crippen LogP contribution in [0.1, 0.15) is 28.8 Å². The summed E-state index contributed by atoms with van der Waals surface area (Å²) in [6.45, 7) is 3.03. The van der Waals surface area contributed by atoms with Crippen LogP contribution in [0.25, 0.3) is 11.1 Å². The molecule has 0 unspecified atom stereocenters. The van der Waals surface area contributed by atoms with Gasteiger partial charge in [0.1, 0.15) is 0 Å². The van der Waals surface area contributed by atoms with E-state index in [2.05, 4.69) is 30.4 Å². The van der Waals surface area contributed by atoms with Gasteiger partial charge >= 0.3 is 0 Å². The molecule has 2 heterocycles. The minimum atomic E-state index is -0.270. The monoisotopic (exact) mass is 415 g/mol. The van der Waals surface area contributed by atoms with E-state index in [1.165, 1.54) is 30.1 Å². The topological polar surface area (TPSA) is 76.4 Å². The number of hydrogen-bond acceptors (Lipinski definition) is 3. The molecule has 1 N–H and O–H groups in total. The quantitative estimate of drug-likeness (QED) is 0.520. The van der Waals surface area contributed by atoms with E-state index >= 15 is 0 Å². The van der Waals surface area contributed by atoms with Crippen molar-refractivity contribution < 1.29 is 14.3 Å². The molecule has 1 aliphatic rings. The van der Waals surface area contributed by atoms with Crippen molar-refractivity contribution in [2.75, 3.05) is 18.4 Å². The van der Waals surface area contributed by atoms with Gasteiger partial charge in [-0.05, 0) is 43.0 Å². The van der Waals surface area contributed by atoms with Crippen LogP contribution in [0.4, 0.5) is 5.69 Å². The largest absolute Gasteiger partial charge is 0.619 e. The highest BCUT2D eigenvalue weighted by Gasteiger charge is 2.29. The Balaban J connectivity index is 1.43. The number of amides is 2. The molecule has 1 atom stereocenters. The second-order valence-corrected chi connectivity index (χ2v) is 7.98. The van der Waals surface area contributed by atoms with Gasteiger partial charge in [0.2, 0.25) is 5.91 Å². The van der Waals surface area contributed by atoms with Crippen molar-refractivity contribution in [1.29, 1.82) is 0 Å². The second-order valence-electron chi connectivity index (χ2n) is 7.98.